The SMILES string of the molecule is [2H][C@@H]1O[C@@H]2O[C@H]1C[C@@H](Nc1ncc(Cl)c(-c3cc(F)c4nc(C(C)(C)O)n(C(C)C)c4c3)n1)[C@@H]2O. The van der Waals surface area contributed by atoms with Gasteiger partial charge in [-0.1, -0.05) is 11.6 Å². The first kappa shape index (κ1) is 22.1. The molecule has 0 saturated carbocycles. The van der Waals surface area contributed by atoms with Crippen molar-refractivity contribution in [1.29, 1.82) is 0 Å². The second-order valence-corrected chi connectivity index (χ2v) is 9.87. The maximum absolute atomic E-state index is 15.2. The largest absolute Gasteiger partial charge is 0.386 e. The van der Waals surface area contributed by atoms with Crippen molar-refractivity contribution in [3.8, 4) is 11.3 Å². The molecule has 2 aromatic heterocycles. The minimum Gasteiger partial charge on any atom is -0.386 e. The number of nitrogens with zero attached hydrogens (tertiary/aromatic N) is 4. The second-order valence-electron chi connectivity index (χ2n) is 9.47. The lowest BCUT2D eigenvalue weighted by Gasteiger charge is -2.32. The molecule has 5 atom stereocenters. The van der Waals surface area contributed by atoms with Crippen molar-refractivity contribution >= 4 is 28.6 Å². The highest BCUT2D eigenvalue weighted by molar-refractivity contribution is 6.33. The van der Waals surface area contributed by atoms with E-state index in [0.717, 1.165) is 0 Å². The number of imidazole rings is 1. The third kappa shape index (κ3) is 4.03. The van der Waals surface area contributed by atoms with Gasteiger partial charge in [0.1, 0.15) is 23.0 Å². The van der Waals surface area contributed by atoms with Crippen LogP contribution in [0.2, 0.25) is 5.02 Å². The van der Waals surface area contributed by atoms with E-state index in [9.17, 15) is 10.2 Å². The lowest BCUT2D eigenvalue weighted by atomic mass is 10.0. The topological polar surface area (TPSA) is 115 Å². The Kier molecular flexibility index (Phi) is 5.45. The number of halogens is 2. The highest BCUT2D eigenvalue weighted by atomic mass is 35.5. The van der Waals surface area contributed by atoms with Crippen LogP contribution >= 0.6 is 11.6 Å². The minimum absolute atomic E-state index is 0.0948. The fourth-order valence-electron chi connectivity index (χ4n) is 4.45. The number of anilines is 1. The standard InChI is InChI=1S/C23H27ClFN5O4/c1-10(2)30-16-6-11(5-14(25)18(16)28-21(30)23(3,4)32)17-13(24)8-26-22(29-17)27-15-7-12-9-33-20(34-12)19(15)31/h5-6,8,10,12,15,19-20,31-32H,7,9H2,1-4H3,(H,26,27,29)/t12-,15+,19-,20+/m0/s1/i9D/t9-,12-,15+,19-,20+. The Morgan fingerprint density at radius 1 is 1.35 bits per heavy atom. The quantitative estimate of drug-likeness (QED) is 0.496. The molecule has 9 nitrogen and oxygen atoms in total. The van der Waals surface area contributed by atoms with Gasteiger partial charge >= 0.3 is 0 Å². The van der Waals surface area contributed by atoms with Crippen molar-refractivity contribution in [1.82, 2.24) is 19.5 Å². The first-order valence-corrected chi connectivity index (χ1v) is 11.5. The summed E-state index contributed by atoms with van der Waals surface area (Å²) in [7, 11) is 0. The number of nitrogens with one attached hydrogen (secondary N) is 1. The van der Waals surface area contributed by atoms with Crippen LogP contribution in [0, 0.1) is 5.82 Å². The van der Waals surface area contributed by atoms with Gasteiger partial charge in [0.05, 0.1) is 42.5 Å². The van der Waals surface area contributed by atoms with Crippen LogP contribution in [0.25, 0.3) is 22.3 Å². The molecule has 3 aromatic rings. The van der Waals surface area contributed by atoms with Gasteiger partial charge in [-0.15, -0.1) is 0 Å². The summed E-state index contributed by atoms with van der Waals surface area (Å²) in [6.45, 7) is 6.21. The van der Waals surface area contributed by atoms with Gasteiger partial charge in [0.15, 0.2) is 12.1 Å². The summed E-state index contributed by atoms with van der Waals surface area (Å²) in [5.41, 5.74) is 0.0907. The van der Waals surface area contributed by atoms with Crippen LogP contribution in [0.4, 0.5) is 10.3 Å². The average molecular weight is 493 g/mol. The molecule has 2 aliphatic heterocycles. The first-order chi connectivity index (χ1) is 16.4. The number of fused-ring (bicyclic) bond motifs is 3. The first-order valence-electron chi connectivity index (χ1n) is 11.7. The summed E-state index contributed by atoms with van der Waals surface area (Å²) in [4.78, 5) is 13.1. The smallest absolute Gasteiger partial charge is 0.223 e. The van der Waals surface area contributed by atoms with E-state index >= 15 is 4.39 Å². The predicted molar refractivity (Wildman–Crippen MR) is 124 cm³/mol. The maximum Gasteiger partial charge on any atom is 0.223 e. The van der Waals surface area contributed by atoms with Gasteiger partial charge in [0, 0.05) is 11.6 Å². The lowest BCUT2D eigenvalue weighted by Crippen LogP contribution is -2.48. The second kappa shape index (κ2) is 8.39. The van der Waals surface area contributed by atoms with E-state index in [1.165, 1.54) is 12.3 Å². The van der Waals surface area contributed by atoms with Gasteiger partial charge in [-0.05, 0) is 46.2 Å². The van der Waals surface area contributed by atoms with E-state index in [-0.39, 0.29) is 22.5 Å². The molecule has 11 heteroatoms. The number of rotatable bonds is 5. The molecular formula is C23H27ClFN5O4. The van der Waals surface area contributed by atoms with Crippen LogP contribution in [0.5, 0.6) is 0 Å². The monoisotopic (exact) mass is 492 g/mol. The number of hydrogen-bond donors (Lipinski definition) is 3. The van der Waals surface area contributed by atoms with E-state index in [0.29, 0.717) is 29.0 Å². The van der Waals surface area contributed by atoms with E-state index in [1.54, 1.807) is 24.5 Å². The summed E-state index contributed by atoms with van der Waals surface area (Å²) in [6.07, 6.45) is -0.635. The summed E-state index contributed by atoms with van der Waals surface area (Å²) in [5, 5.41) is 24.4. The fraction of sp³-hybridized carbons (Fsp3) is 0.522. The van der Waals surface area contributed by atoms with E-state index < -0.39 is 42.5 Å². The van der Waals surface area contributed by atoms with Crippen molar-refractivity contribution < 1.29 is 25.4 Å². The summed E-state index contributed by atoms with van der Waals surface area (Å²) < 4.78 is 35.7. The van der Waals surface area contributed by atoms with Crippen LogP contribution < -0.4 is 5.32 Å². The molecule has 1 aromatic carbocycles. The fourth-order valence-corrected chi connectivity index (χ4v) is 4.65. The van der Waals surface area contributed by atoms with Crippen LogP contribution in [-0.2, 0) is 15.1 Å². The maximum atomic E-state index is 15.2. The molecule has 5 rings (SSSR count). The van der Waals surface area contributed by atoms with Gasteiger partial charge in [0.2, 0.25) is 5.95 Å². The Labute approximate surface area is 202 Å². The highest BCUT2D eigenvalue weighted by Crippen LogP contribution is 2.35. The Bertz CT molecular complexity index is 1280. The molecule has 34 heavy (non-hydrogen) atoms. The molecule has 2 fully saturated rings. The minimum atomic E-state index is -1.27. The van der Waals surface area contributed by atoms with Crippen molar-refractivity contribution in [3.05, 3.63) is 35.0 Å². The molecular weight excluding hydrogens is 465 g/mol. The van der Waals surface area contributed by atoms with Crippen LogP contribution in [0.3, 0.4) is 0 Å². The Hall–Kier alpha value is -2.37. The van der Waals surface area contributed by atoms with Crippen LogP contribution in [-0.4, -0.2) is 60.9 Å². The number of benzene rings is 1. The molecule has 0 amide bonds. The lowest BCUT2D eigenvalue weighted by molar-refractivity contribution is -0.156. The third-order valence-corrected chi connectivity index (χ3v) is 6.27. The number of hydrogen-bond acceptors (Lipinski definition) is 8. The van der Waals surface area contributed by atoms with E-state index in [2.05, 4.69) is 20.3 Å². The number of aliphatic hydroxyl groups is 2. The number of aromatic nitrogens is 4. The zero-order valence-electron chi connectivity index (χ0n) is 20.2. The normalized spacial score (nSPS) is 27.4. The van der Waals surface area contributed by atoms with Crippen LogP contribution in [0.1, 0.15) is 47.4 Å². The Balaban J connectivity index is 1.54. The van der Waals surface area contributed by atoms with Crippen molar-refractivity contribution in [2.24, 2.45) is 0 Å². The van der Waals surface area contributed by atoms with Gasteiger partial charge in [-0.2, -0.15) is 0 Å². The molecule has 2 bridgehead atoms. The zero-order chi connectivity index (χ0) is 25.2. The van der Waals surface area contributed by atoms with E-state index in [1.807, 2.05) is 13.8 Å². The summed E-state index contributed by atoms with van der Waals surface area (Å²) in [5.74, 6) is -0.0271. The molecule has 0 spiro atoms. The van der Waals surface area contributed by atoms with E-state index in [4.69, 9.17) is 22.4 Å². The molecule has 0 radical (unpaired) electrons. The molecule has 0 aliphatic carbocycles. The van der Waals surface area contributed by atoms with Gasteiger partial charge in [0.25, 0.3) is 0 Å². The van der Waals surface area contributed by atoms with Crippen LogP contribution in [0.15, 0.2) is 18.3 Å². The number of ether oxygens (including phenoxy) is 2. The predicted octanol–water partition coefficient (Wildman–Crippen LogP) is 3.38. The van der Waals surface area contributed by atoms with Crippen molar-refractivity contribution in [3.63, 3.8) is 0 Å². The van der Waals surface area contributed by atoms with Gasteiger partial charge in [-0.3, -0.25) is 0 Å². The van der Waals surface area contributed by atoms with Gasteiger partial charge in [-0.25, -0.2) is 19.3 Å². The third-order valence-electron chi connectivity index (χ3n) is 6.00. The zero-order valence-corrected chi connectivity index (χ0v) is 19.9. The van der Waals surface area contributed by atoms with Gasteiger partial charge < -0.3 is 29.6 Å². The summed E-state index contributed by atoms with van der Waals surface area (Å²) >= 11 is 6.41. The Morgan fingerprint density at radius 3 is 2.82 bits per heavy atom. The summed E-state index contributed by atoms with van der Waals surface area (Å²) in [6, 6.07) is 2.44. The molecule has 3 N–H and O–H groups in total. The molecule has 0 unspecified atom stereocenters. The molecule has 2 saturated heterocycles. The average Bonchev–Trinajstić information content (AvgIpc) is 3.32. The van der Waals surface area contributed by atoms with Crippen molar-refractivity contribution in [2.45, 2.75) is 70.3 Å². The number of aliphatic hydroxyl groups excluding tert-OH is 1. The van der Waals surface area contributed by atoms with Crippen molar-refractivity contribution in [2.75, 3.05) is 11.9 Å². The molecule has 2 aliphatic rings. The molecule has 182 valence electrons. The Morgan fingerprint density at radius 2 is 2.12 bits per heavy atom. The highest BCUT2D eigenvalue weighted by Gasteiger charge is 2.43. The molecule has 4 heterocycles.